The number of hydrogen-bond acceptors (Lipinski definition) is 10. The van der Waals surface area contributed by atoms with Crippen molar-refractivity contribution in [1.29, 1.82) is 0 Å². The van der Waals surface area contributed by atoms with Crippen molar-refractivity contribution in [3.05, 3.63) is 41.5 Å². The van der Waals surface area contributed by atoms with E-state index in [4.69, 9.17) is 9.47 Å². The summed E-state index contributed by atoms with van der Waals surface area (Å²) < 4.78 is 10.8. The van der Waals surface area contributed by atoms with Gasteiger partial charge in [-0.15, -0.1) is 0 Å². The molecule has 2 unspecified atom stereocenters. The highest BCUT2D eigenvalue weighted by Gasteiger charge is 2.43. The second kappa shape index (κ2) is 12.6. The van der Waals surface area contributed by atoms with E-state index in [9.17, 15) is 39.9 Å². The summed E-state index contributed by atoms with van der Waals surface area (Å²) in [5.41, 5.74) is -0.195. The van der Waals surface area contributed by atoms with Crippen molar-refractivity contribution >= 4 is 17.7 Å². The summed E-state index contributed by atoms with van der Waals surface area (Å²) in [4.78, 5) is 37.1. The van der Waals surface area contributed by atoms with Crippen LogP contribution in [0.2, 0.25) is 0 Å². The molecule has 0 spiro atoms. The molecule has 0 aromatic heterocycles. The number of aromatic hydroxyl groups is 4. The van der Waals surface area contributed by atoms with Gasteiger partial charge in [-0.2, -0.15) is 0 Å². The minimum absolute atomic E-state index is 0.139. The molecule has 0 amide bonds. The molecular formula is C25H31NO10. The van der Waals surface area contributed by atoms with Crippen molar-refractivity contribution in [2.75, 3.05) is 19.6 Å². The van der Waals surface area contributed by atoms with Crippen molar-refractivity contribution in [2.24, 2.45) is 0 Å². The summed E-state index contributed by atoms with van der Waals surface area (Å²) in [6.07, 6.45) is -4.12. The number of nitrogens with one attached hydrogen (secondary N) is 1. The lowest BCUT2D eigenvalue weighted by molar-refractivity contribution is -0.894. The van der Waals surface area contributed by atoms with Crippen LogP contribution in [0.25, 0.3) is 0 Å². The van der Waals surface area contributed by atoms with E-state index in [1.165, 1.54) is 25.7 Å². The third kappa shape index (κ3) is 7.01. The number of aliphatic carboxylic acids is 1. The molecule has 2 atom stereocenters. The summed E-state index contributed by atoms with van der Waals surface area (Å²) in [6, 6.07) is 5.50. The van der Waals surface area contributed by atoms with Gasteiger partial charge in [0.1, 0.15) is 22.8 Å². The van der Waals surface area contributed by atoms with Crippen LogP contribution < -0.4 is 14.7 Å². The molecule has 0 fully saturated rings. The Kier molecular flexibility index (Phi) is 9.92. The smallest absolute Gasteiger partial charge is 0.307 e. The molecule has 1 aliphatic rings. The van der Waals surface area contributed by atoms with Crippen LogP contribution in [-0.4, -0.2) is 63.9 Å². The molecule has 2 aromatic rings. The van der Waals surface area contributed by atoms with Gasteiger partial charge in [-0.1, -0.05) is 6.07 Å². The lowest BCUT2D eigenvalue weighted by atomic mass is 9.92. The van der Waals surface area contributed by atoms with E-state index in [0.29, 0.717) is 0 Å². The van der Waals surface area contributed by atoms with Gasteiger partial charge in [0, 0.05) is 23.7 Å². The molecule has 36 heavy (non-hydrogen) atoms. The maximum Gasteiger partial charge on any atom is 0.307 e. The van der Waals surface area contributed by atoms with Crippen molar-refractivity contribution in [3.63, 3.8) is 0 Å². The van der Waals surface area contributed by atoms with Gasteiger partial charge in [-0.05, 0) is 39.3 Å². The molecule has 11 nitrogen and oxygen atoms in total. The monoisotopic (exact) mass is 505 g/mol. The van der Waals surface area contributed by atoms with Crippen molar-refractivity contribution in [2.45, 2.75) is 45.8 Å². The first-order valence-electron chi connectivity index (χ1n) is 11.5. The van der Waals surface area contributed by atoms with Gasteiger partial charge in [-0.3, -0.25) is 9.59 Å². The Hall–Kier alpha value is -3.99. The molecule has 196 valence electrons. The lowest BCUT2D eigenvalue weighted by Gasteiger charge is -2.32. The van der Waals surface area contributed by atoms with E-state index in [2.05, 4.69) is 20.8 Å². The van der Waals surface area contributed by atoms with Crippen LogP contribution in [0, 0.1) is 0 Å². The average molecular weight is 506 g/mol. The highest BCUT2D eigenvalue weighted by Crippen LogP contribution is 2.43. The minimum Gasteiger partial charge on any atom is -0.550 e. The summed E-state index contributed by atoms with van der Waals surface area (Å²) in [5, 5.41) is 49.4. The fraction of sp³-hybridized carbons (Fsp3) is 0.400. The number of carboxylic acids is 1. The number of ketones is 1. The van der Waals surface area contributed by atoms with Gasteiger partial charge < -0.3 is 44.7 Å². The summed E-state index contributed by atoms with van der Waals surface area (Å²) >= 11 is 0. The van der Waals surface area contributed by atoms with Gasteiger partial charge in [0.25, 0.3) is 0 Å². The van der Waals surface area contributed by atoms with Crippen LogP contribution in [-0.2, 0) is 14.3 Å². The number of carbonyl (C=O) groups is 3. The normalized spacial score (nSPS) is 16.4. The molecule has 0 saturated carbocycles. The summed E-state index contributed by atoms with van der Waals surface area (Å²) in [6.45, 7) is 10.5. The standard InChI is InChI=1S/C19H16O10.C6H15N/c20-9-6-12(23)16-13(7-9)28-18(8-1-2-10(21)11(22)5-8)19(17(16)27)29-15(26)4-3-14(24)25;1-4-7(5-2)6-3/h1-2,5-7,18-23H,3-4H2,(H,24,25);4-6H2,1-3H3. The maximum atomic E-state index is 12.9. The third-order valence-corrected chi connectivity index (χ3v) is 5.72. The molecule has 11 heteroatoms. The Bertz CT molecular complexity index is 1090. The molecule has 1 heterocycles. The van der Waals surface area contributed by atoms with Crippen LogP contribution in [0.5, 0.6) is 28.7 Å². The molecule has 2 aromatic carbocycles. The predicted octanol–water partition coefficient (Wildman–Crippen LogP) is 0.198. The van der Waals surface area contributed by atoms with E-state index in [0.717, 1.165) is 24.3 Å². The Balaban J connectivity index is 0.000000572. The van der Waals surface area contributed by atoms with Gasteiger partial charge >= 0.3 is 5.97 Å². The van der Waals surface area contributed by atoms with Gasteiger partial charge in [0.2, 0.25) is 11.9 Å². The fourth-order valence-electron chi connectivity index (χ4n) is 3.64. The van der Waals surface area contributed by atoms with E-state index < -0.39 is 60.0 Å². The third-order valence-electron chi connectivity index (χ3n) is 5.72. The van der Waals surface area contributed by atoms with E-state index >= 15 is 0 Å². The Labute approximate surface area is 208 Å². The number of phenolic OH excluding ortho intramolecular Hbond substituents is 4. The number of benzene rings is 2. The van der Waals surface area contributed by atoms with Crippen LogP contribution in [0.1, 0.15) is 55.6 Å². The first-order valence-corrected chi connectivity index (χ1v) is 11.5. The molecule has 0 saturated heterocycles. The van der Waals surface area contributed by atoms with E-state index in [1.54, 1.807) is 4.90 Å². The molecule has 1 aliphatic heterocycles. The Morgan fingerprint density at radius 1 is 0.944 bits per heavy atom. The molecule has 0 bridgehead atoms. The van der Waals surface area contributed by atoms with Gasteiger partial charge in [-0.25, -0.2) is 0 Å². The average Bonchev–Trinajstić information content (AvgIpc) is 2.82. The van der Waals surface area contributed by atoms with Crippen LogP contribution in [0.4, 0.5) is 0 Å². The fourth-order valence-corrected chi connectivity index (χ4v) is 3.64. The number of rotatable bonds is 8. The number of Topliss-reactive ketones (excluding diaryl/α,β-unsaturated/α-hetero) is 1. The summed E-state index contributed by atoms with van der Waals surface area (Å²) in [7, 11) is 0. The zero-order valence-electron chi connectivity index (χ0n) is 20.3. The van der Waals surface area contributed by atoms with E-state index in [-0.39, 0.29) is 22.6 Å². The molecule has 5 N–H and O–H groups in total. The predicted molar refractivity (Wildman–Crippen MR) is 124 cm³/mol. The molecule has 0 aliphatic carbocycles. The lowest BCUT2D eigenvalue weighted by Crippen LogP contribution is -3.11. The van der Waals surface area contributed by atoms with Crippen molar-refractivity contribution in [3.8, 4) is 28.7 Å². The van der Waals surface area contributed by atoms with Crippen molar-refractivity contribution < 1.29 is 54.3 Å². The largest absolute Gasteiger partial charge is 0.550 e. The zero-order valence-corrected chi connectivity index (χ0v) is 20.3. The Morgan fingerprint density at radius 3 is 2.11 bits per heavy atom. The Morgan fingerprint density at radius 2 is 1.58 bits per heavy atom. The molecule has 3 rings (SSSR count). The molecule has 0 radical (unpaired) electrons. The first-order chi connectivity index (χ1) is 17.0. The highest BCUT2D eigenvalue weighted by molar-refractivity contribution is 6.06. The number of hydrogen-bond donors (Lipinski definition) is 5. The molecular weight excluding hydrogens is 474 g/mol. The number of carbonyl (C=O) groups excluding carboxylic acids is 3. The van der Waals surface area contributed by atoms with Crippen LogP contribution in [0.3, 0.4) is 0 Å². The number of phenols is 4. The van der Waals surface area contributed by atoms with Crippen LogP contribution in [0.15, 0.2) is 30.3 Å². The first kappa shape index (κ1) is 28.2. The number of ether oxygens (including phenoxy) is 2. The summed E-state index contributed by atoms with van der Waals surface area (Å²) in [5.74, 6) is -5.49. The number of quaternary nitrogens is 1. The second-order valence-corrected chi connectivity index (χ2v) is 8.08. The van der Waals surface area contributed by atoms with Gasteiger partial charge in [0.05, 0.1) is 26.1 Å². The van der Waals surface area contributed by atoms with Crippen LogP contribution >= 0.6 is 0 Å². The maximum absolute atomic E-state index is 12.9. The second-order valence-electron chi connectivity index (χ2n) is 8.08. The zero-order chi connectivity index (χ0) is 27.0. The highest BCUT2D eigenvalue weighted by atomic mass is 16.6. The van der Waals surface area contributed by atoms with E-state index in [1.807, 2.05) is 0 Å². The van der Waals surface area contributed by atoms with Crippen molar-refractivity contribution in [1.82, 2.24) is 0 Å². The topological polar surface area (TPSA) is 178 Å². The SMILES string of the molecule is CC[NH+](CC)CC.O=C([O-])CCC(=O)OC1C(=O)c2c(O)cc(O)cc2OC1c1ccc(O)c(O)c1. The number of carboxylic acid groups (broad SMARTS) is 1. The van der Waals surface area contributed by atoms with Gasteiger partial charge in [0.15, 0.2) is 17.6 Å². The quantitative estimate of drug-likeness (QED) is 0.246. The number of fused-ring (bicyclic) bond motifs is 1. The number of esters is 1. The minimum atomic E-state index is -1.63.